The van der Waals surface area contributed by atoms with Crippen LogP contribution in [0.1, 0.15) is 25.8 Å². The molecule has 4 nitrogen and oxygen atoms in total. The molecule has 0 aromatic heterocycles. The highest BCUT2D eigenvalue weighted by Crippen LogP contribution is 2.24. The average molecular weight is 260 g/mol. The number of amides is 1. The zero-order chi connectivity index (χ0) is 14.0. The Morgan fingerprint density at radius 2 is 1.95 bits per heavy atom. The maximum Gasteiger partial charge on any atom is 0.254 e. The van der Waals surface area contributed by atoms with E-state index in [9.17, 15) is 9.90 Å². The van der Waals surface area contributed by atoms with Crippen molar-refractivity contribution in [3.63, 3.8) is 0 Å². The summed E-state index contributed by atoms with van der Waals surface area (Å²) >= 11 is 0. The summed E-state index contributed by atoms with van der Waals surface area (Å²) in [4.78, 5) is 13.6. The number of anilines is 1. The summed E-state index contributed by atoms with van der Waals surface area (Å²) in [5.41, 5.74) is 7.48. The normalized spacial score (nSPS) is 16.2. The van der Waals surface area contributed by atoms with Crippen molar-refractivity contribution in [3.8, 4) is 0 Å². The number of hydrogen-bond acceptors (Lipinski definition) is 3. The maximum absolute atomic E-state index is 11.9. The number of hydrogen-bond donors (Lipinski definition) is 2. The molecule has 4 heteroatoms. The van der Waals surface area contributed by atoms with E-state index in [0.29, 0.717) is 13.1 Å². The predicted molar refractivity (Wildman–Crippen MR) is 76.3 cm³/mol. The van der Waals surface area contributed by atoms with E-state index >= 15 is 0 Å². The minimum atomic E-state index is -1.30. The van der Waals surface area contributed by atoms with Crippen LogP contribution in [0.5, 0.6) is 0 Å². The third-order valence-electron chi connectivity index (χ3n) is 3.30. The Morgan fingerprint density at radius 1 is 1.32 bits per heavy atom. The van der Waals surface area contributed by atoms with Gasteiger partial charge in [0, 0.05) is 18.8 Å². The van der Waals surface area contributed by atoms with Crippen LogP contribution >= 0.6 is 0 Å². The molecule has 0 radical (unpaired) electrons. The Kier molecular flexibility index (Phi) is 3.62. The van der Waals surface area contributed by atoms with Crippen LogP contribution in [-0.4, -0.2) is 34.6 Å². The third-order valence-corrected chi connectivity index (χ3v) is 3.30. The molecule has 102 valence electrons. The van der Waals surface area contributed by atoms with Gasteiger partial charge >= 0.3 is 0 Å². The lowest BCUT2D eigenvalue weighted by molar-refractivity contribution is -0.147. The lowest BCUT2D eigenvalue weighted by Gasteiger charge is -2.31. The summed E-state index contributed by atoms with van der Waals surface area (Å²) in [6, 6.07) is 7.75. The van der Waals surface area contributed by atoms with Gasteiger partial charge in [0.2, 0.25) is 0 Å². The van der Waals surface area contributed by atoms with E-state index in [0.717, 1.165) is 17.7 Å². The quantitative estimate of drug-likeness (QED) is 0.795. The fourth-order valence-corrected chi connectivity index (χ4v) is 2.20. The van der Waals surface area contributed by atoms with E-state index in [2.05, 4.69) is 0 Å². The molecule has 1 aromatic carbocycles. The third kappa shape index (κ3) is 3.15. The molecule has 0 fully saturated rings. The Hall–Kier alpha value is -1.81. The molecule has 0 saturated heterocycles. The van der Waals surface area contributed by atoms with Crippen LogP contribution in [0.15, 0.2) is 30.3 Å². The minimum Gasteiger partial charge on any atom is -0.399 e. The zero-order valence-corrected chi connectivity index (χ0v) is 11.4. The van der Waals surface area contributed by atoms with Crippen LogP contribution in [-0.2, 0) is 4.79 Å². The van der Waals surface area contributed by atoms with E-state index in [1.807, 2.05) is 30.3 Å². The molecular formula is C15H20N2O2. The van der Waals surface area contributed by atoms with Gasteiger partial charge in [-0.25, -0.2) is 0 Å². The average Bonchev–Trinajstić information content (AvgIpc) is 2.38. The van der Waals surface area contributed by atoms with Gasteiger partial charge in [0.05, 0.1) is 0 Å². The SMILES string of the molecule is CC(C)(O)C(=O)N1CC=C(c2ccc(N)cc2)CC1. The molecule has 19 heavy (non-hydrogen) atoms. The maximum atomic E-state index is 11.9. The second kappa shape index (κ2) is 5.05. The first-order valence-corrected chi connectivity index (χ1v) is 6.44. The Morgan fingerprint density at radius 3 is 2.42 bits per heavy atom. The van der Waals surface area contributed by atoms with Gasteiger partial charge < -0.3 is 15.7 Å². The lowest BCUT2D eigenvalue weighted by Crippen LogP contribution is -2.46. The summed E-state index contributed by atoms with van der Waals surface area (Å²) in [7, 11) is 0. The molecular weight excluding hydrogens is 240 g/mol. The first-order valence-electron chi connectivity index (χ1n) is 6.44. The minimum absolute atomic E-state index is 0.222. The number of nitrogens with two attached hydrogens (primary N) is 1. The lowest BCUT2D eigenvalue weighted by atomic mass is 9.98. The molecule has 0 aliphatic carbocycles. The van der Waals surface area contributed by atoms with Crippen LogP contribution < -0.4 is 5.73 Å². The van der Waals surface area contributed by atoms with E-state index in [4.69, 9.17) is 5.73 Å². The molecule has 0 saturated carbocycles. The topological polar surface area (TPSA) is 66.6 Å². The molecule has 0 atom stereocenters. The van der Waals surface area contributed by atoms with Gasteiger partial charge in [0.15, 0.2) is 0 Å². The number of nitrogens with zero attached hydrogens (tertiary/aromatic N) is 1. The summed E-state index contributed by atoms with van der Waals surface area (Å²) in [6.07, 6.45) is 2.84. The molecule has 1 aliphatic rings. The van der Waals surface area contributed by atoms with E-state index < -0.39 is 5.60 Å². The standard InChI is InChI=1S/C15H20N2O2/c1-15(2,19)14(18)17-9-7-12(8-10-17)11-3-5-13(16)6-4-11/h3-7,19H,8-10,16H2,1-2H3. The molecule has 2 rings (SSSR count). The second-order valence-corrected chi connectivity index (χ2v) is 5.41. The van der Waals surface area contributed by atoms with Gasteiger partial charge in [-0.05, 0) is 43.5 Å². The molecule has 1 heterocycles. The van der Waals surface area contributed by atoms with E-state index in [1.54, 1.807) is 4.90 Å². The first-order chi connectivity index (χ1) is 8.88. The molecule has 0 bridgehead atoms. The largest absolute Gasteiger partial charge is 0.399 e. The second-order valence-electron chi connectivity index (χ2n) is 5.41. The Bertz CT molecular complexity index is 498. The summed E-state index contributed by atoms with van der Waals surface area (Å²) in [5, 5.41) is 9.73. The van der Waals surface area contributed by atoms with Crippen LogP contribution in [0.25, 0.3) is 5.57 Å². The van der Waals surface area contributed by atoms with Crippen LogP contribution in [0, 0.1) is 0 Å². The Balaban J connectivity index is 2.08. The van der Waals surface area contributed by atoms with Gasteiger partial charge in [-0.1, -0.05) is 18.2 Å². The van der Waals surface area contributed by atoms with Crippen molar-refractivity contribution in [2.24, 2.45) is 0 Å². The van der Waals surface area contributed by atoms with Crippen molar-refractivity contribution in [2.75, 3.05) is 18.8 Å². The fourth-order valence-electron chi connectivity index (χ4n) is 2.20. The highest BCUT2D eigenvalue weighted by atomic mass is 16.3. The van der Waals surface area contributed by atoms with Gasteiger partial charge in [-0.15, -0.1) is 0 Å². The van der Waals surface area contributed by atoms with Crippen LogP contribution in [0.3, 0.4) is 0 Å². The summed E-state index contributed by atoms with van der Waals surface area (Å²) in [6.45, 7) is 4.23. The molecule has 1 aromatic rings. The number of benzene rings is 1. The molecule has 1 aliphatic heterocycles. The number of carbonyl (C=O) groups is 1. The number of aliphatic hydroxyl groups is 1. The van der Waals surface area contributed by atoms with E-state index in [-0.39, 0.29) is 5.91 Å². The molecule has 0 unspecified atom stereocenters. The van der Waals surface area contributed by atoms with Crippen molar-refractivity contribution in [1.82, 2.24) is 4.90 Å². The smallest absolute Gasteiger partial charge is 0.254 e. The Labute approximate surface area is 113 Å². The highest BCUT2D eigenvalue weighted by Gasteiger charge is 2.30. The molecule has 1 amide bonds. The van der Waals surface area contributed by atoms with Gasteiger partial charge in [-0.3, -0.25) is 4.79 Å². The van der Waals surface area contributed by atoms with Crippen molar-refractivity contribution in [2.45, 2.75) is 25.9 Å². The van der Waals surface area contributed by atoms with Crippen molar-refractivity contribution in [3.05, 3.63) is 35.9 Å². The van der Waals surface area contributed by atoms with Gasteiger partial charge in [0.25, 0.3) is 5.91 Å². The molecule has 0 spiro atoms. The van der Waals surface area contributed by atoms with Crippen molar-refractivity contribution >= 4 is 17.2 Å². The van der Waals surface area contributed by atoms with Crippen molar-refractivity contribution < 1.29 is 9.90 Å². The molecule has 3 N–H and O–H groups in total. The number of carbonyl (C=O) groups excluding carboxylic acids is 1. The van der Waals surface area contributed by atoms with Crippen LogP contribution in [0.2, 0.25) is 0 Å². The summed E-state index contributed by atoms with van der Waals surface area (Å²) in [5.74, 6) is -0.222. The van der Waals surface area contributed by atoms with Crippen LogP contribution in [0.4, 0.5) is 5.69 Å². The van der Waals surface area contributed by atoms with Gasteiger partial charge in [0.1, 0.15) is 5.60 Å². The highest BCUT2D eigenvalue weighted by molar-refractivity contribution is 5.85. The predicted octanol–water partition coefficient (Wildman–Crippen LogP) is 1.66. The number of rotatable bonds is 2. The monoisotopic (exact) mass is 260 g/mol. The first kappa shape index (κ1) is 13.6. The van der Waals surface area contributed by atoms with E-state index in [1.165, 1.54) is 19.4 Å². The van der Waals surface area contributed by atoms with Gasteiger partial charge in [-0.2, -0.15) is 0 Å². The number of nitrogen functional groups attached to an aromatic ring is 1. The zero-order valence-electron chi connectivity index (χ0n) is 11.4. The van der Waals surface area contributed by atoms with Crippen molar-refractivity contribution in [1.29, 1.82) is 0 Å². The summed E-state index contributed by atoms with van der Waals surface area (Å²) < 4.78 is 0. The fraction of sp³-hybridized carbons (Fsp3) is 0.400.